The maximum atomic E-state index is 12.8. The van der Waals surface area contributed by atoms with Crippen molar-refractivity contribution >= 4 is 17.3 Å². The summed E-state index contributed by atoms with van der Waals surface area (Å²) < 4.78 is 16.0. The molecule has 7 nitrogen and oxygen atoms in total. The van der Waals surface area contributed by atoms with E-state index >= 15 is 0 Å². The molecule has 0 saturated carbocycles. The molecule has 1 amide bonds. The Labute approximate surface area is 177 Å². The fourth-order valence-corrected chi connectivity index (χ4v) is 3.44. The van der Waals surface area contributed by atoms with E-state index in [-0.39, 0.29) is 5.91 Å². The summed E-state index contributed by atoms with van der Waals surface area (Å²) in [4.78, 5) is 15.0. The third-order valence-electron chi connectivity index (χ3n) is 5.21. The zero-order valence-corrected chi connectivity index (χ0v) is 17.8. The second-order valence-electron chi connectivity index (χ2n) is 7.59. The number of morpholine rings is 1. The Balaban J connectivity index is 1.91. The van der Waals surface area contributed by atoms with Crippen molar-refractivity contribution in [3.63, 3.8) is 0 Å². The predicted octanol–water partition coefficient (Wildman–Crippen LogP) is 3.59. The molecule has 1 saturated heterocycles. The number of ether oxygens (including phenoxy) is 3. The fraction of sp³-hybridized carbons (Fsp3) is 0.391. The number of carbonyl (C=O) groups excluding carboxylic acids is 1. The summed E-state index contributed by atoms with van der Waals surface area (Å²) in [7, 11) is 3.08. The second kappa shape index (κ2) is 9.06. The Kier molecular flexibility index (Phi) is 6.48. The summed E-state index contributed by atoms with van der Waals surface area (Å²) in [6.45, 7) is 6.54. The first kappa shape index (κ1) is 21.5. The highest BCUT2D eigenvalue weighted by Crippen LogP contribution is 2.35. The summed E-state index contributed by atoms with van der Waals surface area (Å²) in [6, 6.07) is 13.1. The number of anilines is 2. The van der Waals surface area contributed by atoms with Crippen LogP contribution in [0.3, 0.4) is 0 Å². The van der Waals surface area contributed by atoms with Gasteiger partial charge in [-0.05, 0) is 49.7 Å². The number of hydrogen-bond acceptors (Lipinski definition) is 6. The van der Waals surface area contributed by atoms with Crippen molar-refractivity contribution in [2.75, 3.05) is 50.7 Å². The van der Waals surface area contributed by atoms with Crippen LogP contribution in [-0.2, 0) is 10.2 Å². The highest BCUT2D eigenvalue weighted by Gasteiger charge is 2.27. The van der Waals surface area contributed by atoms with Gasteiger partial charge in [0.15, 0.2) is 11.5 Å². The van der Waals surface area contributed by atoms with Gasteiger partial charge in [0, 0.05) is 30.0 Å². The molecule has 30 heavy (non-hydrogen) atoms. The molecule has 1 fully saturated rings. The molecule has 2 aromatic carbocycles. The number of nitrogens with one attached hydrogen (secondary N) is 1. The van der Waals surface area contributed by atoms with E-state index < -0.39 is 5.41 Å². The van der Waals surface area contributed by atoms with Gasteiger partial charge in [-0.15, -0.1) is 0 Å². The van der Waals surface area contributed by atoms with Gasteiger partial charge in [0.2, 0.25) is 0 Å². The zero-order chi connectivity index (χ0) is 21.7. The van der Waals surface area contributed by atoms with E-state index in [0.29, 0.717) is 36.0 Å². The van der Waals surface area contributed by atoms with Gasteiger partial charge in [0.25, 0.3) is 5.91 Å². The van der Waals surface area contributed by atoms with Crippen LogP contribution in [0.25, 0.3) is 0 Å². The molecule has 0 spiro atoms. The highest BCUT2D eigenvalue weighted by atomic mass is 16.5. The fourth-order valence-electron chi connectivity index (χ4n) is 3.44. The quantitative estimate of drug-likeness (QED) is 0.785. The van der Waals surface area contributed by atoms with Crippen LogP contribution >= 0.6 is 0 Å². The first-order valence-corrected chi connectivity index (χ1v) is 9.81. The molecule has 0 unspecified atom stereocenters. The maximum absolute atomic E-state index is 12.8. The lowest BCUT2D eigenvalue weighted by molar-refractivity contribution is 0.102. The van der Waals surface area contributed by atoms with E-state index in [1.807, 2.05) is 32.0 Å². The van der Waals surface area contributed by atoms with E-state index in [9.17, 15) is 10.1 Å². The minimum Gasteiger partial charge on any atom is -0.493 e. The molecule has 1 aliphatic rings. The van der Waals surface area contributed by atoms with Crippen molar-refractivity contribution in [1.82, 2.24) is 0 Å². The first-order chi connectivity index (χ1) is 14.4. The Bertz CT molecular complexity index is 959. The van der Waals surface area contributed by atoms with Crippen LogP contribution in [0.1, 0.15) is 29.8 Å². The molecular formula is C23H27N3O4. The standard InChI is InChI=1S/C23H27N3O4/c1-23(2,15-24)18-7-6-17(14-19(18)26-9-11-30-12-10-26)25-22(27)16-5-8-20(28-3)21(13-16)29-4/h5-8,13-14H,9-12H2,1-4H3,(H,25,27). The smallest absolute Gasteiger partial charge is 0.255 e. The van der Waals surface area contributed by atoms with Crippen molar-refractivity contribution in [2.24, 2.45) is 0 Å². The Hall–Kier alpha value is -3.24. The molecule has 1 aliphatic heterocycles. The average Bonchev–Trinajstić information content (AvgIpc) is 2.78. The zero-order valence-electron chi connectivity index (χ0n) is 17.8. The van der Waals surface area contributed by atoms with Gasteiger partial charge in [0.1, 0.15) is 0 Å². The van der Waals surface area contributed by atoms with Gasteiger partial charge in [-0.3, -0.25) is 4.79 Å². The molecule has 0 aliphatic carbocycles. The molecule has 1 N–H and O–H groups in total. The van der Waals surface area contributed by atoms with Crippen molar-refractivity contribution in [3.8, 4) is 17.6 Å². The summed E-state index contributed by atoms with van der Waals surface area (Å²) in [5.41, 5.74) is 2.33. The molecule has 0 atom stereocenters. The van der Waals surface area contributed by atoms with Crippen LogP contribution in [0.15, 0.2) is 36.4 Å². The lowest BCUT2D eigenvalue weighted by atomic mass is 9.84. The normalized spacial score (nSPS) is 14.0. The van der Waals surface area contributed by atoms with E-state index in [0.717, 1.165) is 24.3 Å². The van der Waals surface area contributed by atoms with Gasteiger partial charge in [0.05, 0.1) is 38.9 Å². The monoisotopic (exact) mass is 409 g/mol. The van der Waals surface area contributed by atoms with E-state index in [1.54, 1.807) is 25.3 Å². The van der Waals surface area contributed by atoms with Crippen LogP contribution in [0.2, 0.25) is 0 Å². The molecule has 0 aromatic heterocycles. The van der Waals surface area contributed by atoms with Crippen LogP contribution in [0, 0.1) is 11.3 Å². The largest absolute Gasteiger partial charge is 0.493 e. The van der Waals surface area contributed by atoms with Crippen LogP contribution in [0.5, 0.6) is 11.5 Å². The Morgan fingerprint density at radius 1 is 1.10 bits per heavy atom. The van der Waals surface area contributed by atoms with Gasteiger partial charge in [-0.25, -0.2) is 0 Å². The topological polar surface area (TPSA) is 83.8 Å². The van der Waals surface area contributed by atoms with Gasteiger partial charge in [-0.1, -0.05) is 6.07 Å². The van der Waals surface area contributed by atoms with E-state index in [4.69, 9.17) is 14.2 Å². The highest BCUT2D eigenvalue weighted by molar-refractivity contribution is 6.05. The lowest BCUT2D eigenvalue weighted by Crippen LogP contribution is -2.37. The molecule has 0 radical (unpaired) electrons. The molecule has 0 bridgehead atoms. The van der Waals surface area contributed by atoms with E-state index in [1.165, 1.54) is 7.11 Å². The Morgan fingerprint density at radius 3 is 2.43 bits per heavy atom. The number of amides is 1. The first-order valence-electron chi connectivity index (χ1n) is 9.81. The van der Waals surface area contributed by atoms with E-state index in [2.05, 4.69) is 16.3 Å². The minimum atomic E-state index is -0.653. The molecule has 3 rings (SSSR count). The molecule has 158 valence electrons. The molecule has 1 heterocycles. The number of benzene rings is 2. The van der Waals surface area contributed by atoms with Gasteiger partial charge >= 0.3 is 0 Å². The number of rotatable bonds is 6. The maximum Gasteiger partial charge on any atom is 0.255 e. The van der Waals surface area contributed by atoms with Crippen molar-refractivity contribution < 1.29 is 19.0 Å². The lowest BCUT2D eigenvalue weighted by Gasteiger charge is -2.33. The number of hydrogen-bond donors (Lipinski definition) is 1. The summed E-state index contributed by atoms with van der Waals surface area (Å²) in [5.74, 6) is 0.799. The SMILES string of the molecule is COc1ccc(C(=O)Nc2ccc(C(C)(C)C#N)c(N3CCOCC3)c2)cc1OC. The number of nitriles is 1. The number of nitrogens with zero attached hydrogens (tertiary/aromatic N) is 2. The van der Waals surface area contributed by atoms with Crippen molar-refractivity contribution in [2.45, 2.75) is 19.3 Å². The van der Waals surface area contributed by atoms with Crippen LogP contribution in [0.4, 0.5) is 11.4 Å². The molecule has 7 heteroatoms. The van der Waals surface area contributed by atoms with Gasteiger partial charge < -0.3 is 24.4 Å². The van der Waals surface area contributed by atoms with Gasteiger partial charge in [-0.2, -0.15) is 5.26 Å². The molecule has 2 aromatic rings. The minimum absolute atomic E-state index is 0.254. The predicted molar refractivity (Wildman–Crippen MR) is 116 cm³/mol. The number of methoxy groups -OCH3 is 2. The van der Waals surface area contributed by atoms with Crippen LogP contribution < -0.4 is 19.7 Å². The summed E-state index contributed by atoms with van der Waals surface area (Å²) in [5, 5.41) is 12.6. The summed E-state index contributed by atoms with van der Waals surface area (Å²) in [6.07, 6.45) is 0. The third kappa shape index (κ3) is 4.50. The molecular weight excluding hydrogens is 382 g/mol. The van der Waals surface area contributed by atoms with Crippen LogP contribution in [-0.4, -0.2) is 46.4 Å². The van der Waals surface area contributed by atoms with Crippen molar-refractivity contribution in [3.05, 3.63) is 47.5 Å². The van der Waals surface area contributed by atoms with Crippen molar-refractivity contribution in [1.29, 1.82) is 5.26 Å². The average molecular weight is 409 g/mol. The number of carbonyl (C=O) groups is 1. The summed E-state index contributed by atoms with van der Waals surface area (Å²) >= 11 is 0. The Morgan fingerprint density at radius 2 is 1.80 bits per heavy atom. The second-order valence-corrected chi connectivity index (χ2v) is 7.59. The third-order valence-corrected chi connectivity index (χ3v) is 5.21.